The molecule has 2 N–H and O–H groups in total. The minimum atomic E-state index is -2.42. The van der Waals surface area contributed by atoms with Crippen LogP contribution in [0.25, 0.3) is 11.2 Å². The third-order valence-electron chi connectivity index (χ3n) is 1.49. The zero-order valence-corrected chi connectivity index (χ0v) is 7.06. The van der Waals surface area contributed by atoms with E-state index in [4.69, 9.17) is 5.73 Å². The number of imidazole rings is 1. The van der Waals surface area contributed by atoms with Crippen molar-refractivity contribution in [3.63, 3.8) is 0 Å². The second kappa shape index (κ2) is 2.75. The Morgan fingerprint density at radius 3 is 2.92 bits per heavy atom. The minimum absolute atomic E-state index is 0.161. The molecule has 0 aliphatic carbocycles. The molecule has 0 aliphatic rings. The first-order chi connectivity index (χ1) is 6.20. The van der Waals surface area contributed by atoms with E-state index in [2.05, 4.69) is 15.0 Å². The lowest BCUT2D eigenvalue weighted by molar-refractivity contribution is 0.529. The lowest BCUT2D eigenvalue weighted by Crippen LogP contribution is -2.02. The number of rotatable bonds is 1. The van der Waals surface area contributed by atoms with Gasteiger partial charge in [0.1, 0.15) is 12.7 Å². The van der Waals surface area contributed by atoms with Crippen LogP contribution < -0.4 is 5.73 Å². The normalized spacial score (nSPS) is 13.3. The van der Waals surface area contributed by atoms with Crippen LogP contribution in [-0.4, -0.2) is 27.7 Å². The molecule has 8 heteroatoms. The van der Waals surface area contributed by atoms with Crippen molar-refractivity contribution >= 4 is 28.2 Å². The van der Waals surface area contributed by atoms with Crippen LogP contribution in [0.1, 0.15) is 0 Å². The first-order valence-electron chi connectivity index (χ1n) is 3.23. The quantitative estimate of drug-likeness (QED) is 0.591. The van der Waals surface area contributed by atoms with Crippen LogP contribution in [0.15, 0.2) is 12.7 Å². The fourth-order valence-electron chi connectivity index (χ4n) is 0.942. The van der Waals surface area contributed by atoms with E-state index in [1.165, 1.54) is 6.33 Å². The lowest BCUT2D eigenvalue weighted by Gasteiger charge is -2.04. The number of nitrogens with zero attached hydrogens (tertiary/aromatic N) is 4. The van der Waals surface area contributed by atoms with Gasteiger partial charge < -0.3 is 10.3 Å². The average Bonchev–Trinajstić information content (AvgIpc) is 2.48. The minimum Gasteiger partial charge on any atom is -0.755 e. The van der Waals surface area contributed by atoms with Crippen molar-refractivity contribution in [3.05, 3.63) is 12.7 Å². The molecule has 7 nitrogen and oxygen atoms in total. The SMILES string of the molecule is Nc1ncnc2c1ncn2S(=O)[O-]. The van der Waals surface area contributed by atoms with Gasteiger partial charge >= 0.3 is 0 Å². The molecule has 0 fully saturated rings. The molecule has 68 valence electrons. The van der Waals surface area contributed by atoms with Crippen molar-refractivity contribution in [3.8, 4) is 0 Å². The Morgan fingerprint density at radius 1 is 1.46 bits per heavy atom. The van der Waals surface area contributed by atoms with Gasteiger partial charge in [-0.1, -0.05) is 0 Å². The van der Waals surface area contributed by atoms with Gasteiger partial charge in [-0.15, -0.1) is 0 Å². The van der Waals surface area contributed by atoms with E-state index in [0.29, 0.717) is 0 Å². The van der Waals surface area contributed by atoms with Crippen molar-refractivity contribution in [1.82, 2.24) is 18.9 Å². The number of aromatic nitrogens is 4. The largest absolute Gasteiger partial charge is 0.755 e. The number of fused-ring (bicyclic) bond motifs is 1. The molecule has 2 heterocycles. The zero-order valence-electron chi connectivity index (χ0n) is 6.25. The van der Waals surface area contributed by atoms with E-state index < -0.39 is 11.3 Å². The highest BCUT2D eigenvalue weighted by Gasteiger charge is 2.06. The van der Waals surface area contributed by atoms with Crippen molar-refractivity contribution in [2.75, 3.05) is 5.73 Å². The Hall–Kier alpha value is -1.54. The maximum absolute atomic E-state index is 10.6. The van der Waals surface area contributed by atoms with Crippen LogP contribution >= 0.6 is 0 Å². The van der Waals surface area contributed by atoms with Gasteiger partial charge in [-0.25, -0.2) is 18.9 Å². The Balaban J connectivity index is 2.83. The molecule has 0 saturated heterocycles. The highest BCUT2D eigenvalue weighted by Crippen LogP contribution is 2.13. The summed E-state index contributed by atoms with van der Waals surface area (Å²) in [5.41, 5.74) is 5.91. The highest BCUT2D eigenvalue weighted by molar-refractivity contribution is 7.77. The van der Waals surface area contributed by atoms with Crippen LogP contribution in [0.5, 0.6) is 0 Å². The van der Waals surface area contributed by atoms with Crippen molar-refractivity contribution in [2.24, 2.45) is 0 Å². The molecule has 1 unspecified atom stereocenters. The monoisotopic (exact) mass is 198 g/mol. The van der Waals surface area contributed by atoms with Crippen molar-refractivity contribution in [1.29, 1.82) is 0 Å². The van der Waals surface area contributed by atoms with Crippen LogP contribution in [-0.2, 0) is 11.3 Å². The van der Waals surface area contributed by atoms with Gasteiger partial charge in [-0.3, -0.25) is 4.21 Å². The molecule has 0 radical (unpaired) electrons. The summed E-state index contributed by atoms with van der Waals surface area (Å²) in [5.74, 6) is 0.161. The third-order valence-corrected chi connectivity index (χ3v) is 2.08. The van der Waals surface area contributed by atoms with Crippen molar-refractivity contribution in [2.45, 2.75) is 0 Å². The summed E-state index contributed by atoms with van der Waals surface area (Å²) in [4.78, 5) is 11.2. The maximum atomic E-state index is 10.6. The predicted molar refractivity (Wildman–Crippen MR) is 44.1 cm³/mol. The van der Waals surface area contributed by atoms with Crippen LogP contribution in [0, 0.1) is 0 Å². The molecule has 0 amide bonds. The first kappa shape index (κ1) is 8.08. The fraction of sp³-hybridized carbons (Fsp3) is 0. The summed E-state index contributed by atoms with van der Waals surface area (Å²) in [6.07, 6.45) is 2.31. The fourth-order valence-corrected chi connectivity index (χ4v) is 1.34. The summed E-state index contributed by atoms with van der Waals surface area (Å²) in [7, 11) is 0. The summed E-state index contributed by atoms with van der Waals surface area (Å²) >= 11 is -2.42. The van der Waals surface area contributed by atoms with Gasteiger partial charge in [0, 0.05) is 0 Å². The van der Waals surface area contributed by atoms with E-state index in [0.717, 1.165) is 10.3 Å². The van der Waals surface area contributed by atoms with E-state index in [9.17, 15) is 8.76 Å². The summed E-state index contributed by atoms with van der Waals surface area (Å²) in [5, 5.41) is 0. The standard InChI is InChI=1S/C5H5N5O2S/c6-4-3-5(8-1-7-4)10(2-9-3)13(11)12/h1-2H,(H,11,12)(H2,6,7,8)/p-1. The van der Waals surface area contributed by atoms with Crippen LogP contribution in [0.4, 0.5) is 5.82 Å². The highest BCUT2D eigenvalue weighted by atomic mass is 32.2. The van der Waals surface area contributed by atoms with E-state index >= 15 is 0 Å². The van der Waals surface area contributed by atoms with Gasteiger partial charge in [0.2, 0.25) is 0 Å². The number of anilines is 1. The van der Waals surface area contributed by atoms with Gasteiger partial charge in [-0.2, -0.15) is 0 Å². The maximum Gasteiger partial charge on any atom is 0.176 e. The van der Waals surface area contributed by atoms with E-state index in [1.54, 1.807) is 0 Å². The Kier molecular flexibility index (Phi) is 1.71. The van der Waals surface area contributed by atoms with Gasteiger partial charge in [-0.05, 0) is 0 Å². The molecule has 2 aromatic rings. The Labute approximate surface area is 75.0 Å². The number of nitrogen functional groups attached to an aromatic ring is 1. The second-order valence-corrected chi connectivity index (χ2v) is 3.05. The molecule has 0 aliphatic heterocycles. The predicted octanol–water partition coefficient (Wildman–Crippen LogP) is -0.949. The summed E-state index contributed by atoms with van der Waals surface area (Å²) < 4.78 is 22.1. The van der Waals surface area contributed by atoms with Crippen molar-refractivity contribution < 1.29 is 8.76 Å². The number of hydrogen-bond donors (Lipinski definition) is 1. The van der Waals surface area contributed by atoms with Crippen LogP contribution in [0.2, 0.25) is 0 Å². The molecule has 2 aromatic heterocycles. The van der Waals surface area contributed by atoms with Gasteiger partial charge in [0.15, 0.2) is 17.0 Å². The molecule has 0 saturated carbocycles. The molecule has 2 rings (SSSR count). The second-order valence-electron chi connectivity index (χ2n) is 2.22. The molecule has 0 aromatic carbocycles. The molecule has 1 atom stereocenters. The van der Waals surface area contributed by atoms with Gasteiger partial charge in [0.25, 0.3) is 0 Å². The molecule has 0 bridgehead atoms. The summed E-state index contributed by atoms with van der Waals surface area (Å²) in [6, 6.07) is 0. The molecule has 0 spiro atoms. The number of nitrogens with two attached hydrogens (primary N) is 1. The van der Waals surface area contributed by atoms with E-state index in [1.807, 2.05) is 0 Å². The summed E-state index contributed by atoms with van der Waals surface area (Å²) in [6.45, 7) is 0. The Bertz CT molecular complexity index is 481. The van der Waals surface area contributed by atoms with Crippen LogP contribution in [0.3, 0.4) is 0 Å². The number of hydrogen-bond acceptors (Lipinski definition) is 6. The average molecular weight is 198 g/mol. The first-order valence-corrected chi connectivity index (χ1v) is 4.26. The molecular formula is C5H4N5O2S-. The Morgan fingerprint density at radius 2 is 2.23 bits per heavy atom. The smallest absolute Gasteiger partial charge is 0.176 e. The topological polar surface area (TPSA) is 110 Å². The third kappa shape index (κ3) is 1.15. The zero-order chi connectivity index (χ0) is 9.42. The molecular weight excluding hydrogens is 194 g/mol. The molecule has 13 heavy (non-hydrogen) atoms. The van der Waals surface area contributed by atoms with Gasteiger partial charge in [0.05, 0.1) is 11.3 Å². The lowest BCUT2D eigenvalue weighted by atomic mass is 10.5. The van der Waals surface area contributed by atoms with E-state index in [-0.39, 0.29) is 17.0 Å².